The minimum absolute atomic E-state index is 0.0437. The number of carbonyl (C=O) groups is 1. The van der Waals surface area contributed by atoms with Crippen molar-refractivity contribution in [1.29, 1.82) is 0 Å². The molecular weight excluding hydrogens is 284 g/mol. The number of rotatable bonds is 8. The third kappa shape index (κ3) is 4.63. The molecule has 1 amide bonds. The SMILES string of the molecule is CCCCCCCC(C)Nc1cc2c(cc1Cl)NC(=O)C2. The second-order valence-corrected chi connectivity index (χ2v) is 6.37. The maximum absolute atomic E-state index is 11.4. The predicted octanol–water partition coefficient (Wildman–Crippen LogP) is 5.00. The van der Waals surface area contributed by atoms with Gasteiger partial charge in [0, 0.05) is 11.7 Å². The monoisotopic (exact) mass is 308 g/mol. The van der Waals surface area contributed by atoms with Crippen LogP contribution in [0.4, 0.5) is 11.4 Å². The summed E-state index contributed by atoms with van der Waals surface area (Å²) in [6, 6.07) is 4.24. The summed E-state index contributed by atoms with van der Waals surface area (Å²) in [6.45, 7) is 4.42. The van der Waals surface area contributed by atoms with Crippen LogP contribution in [0.2, 0.25) is 5.02 Å². The highest BCUT2D eigenvalue weighted by molar-refractivity contribution is 6.33. The van der Waals surface area contributed by atoms with Gasteiger partial charge in [-0.2, -0.15) is 0 Å². The summed E-state index contributed by atoms with van der Waals surface area (Å²) >= 11 is 6.29. The van der Waals surface area contributed by atoms with Crippen molar-refractivity contribution in [3.05, 3.63) is 22.7 Å². The second kappa shape index (κ2) is 7.69. The molecule has 0 saturated carbocycles. The van der Waals surface area contributed by atoms with Crippen LogP contribution in [0.25, 0.3) is 0 Å². The third-order valence-corrected chi connectivity index (χ3v) is 4.27. The van der Waals surface area contributed by atoms with Crippen LogP contribution in [-0.4, -0.2) is 11.9 Å². The largest absolute Gasteiger partial charge is 0.381 e. The van der Waals surface area contributed by atoms with Gasteiger partial charge in [-0.3, -0.25) is 4.79 Å². The standard InChI is InChI=1S/C17H25ClN2O/c1-3-4-5-6-7-8-12(2)19-16-9-13-10-17(21)20-15(13)11-14(16)18/h9,11-12,19H,3-8,10H2,1-2H3,(H,20,21). The molecule has 0 aromatic heterocycles. The average molecular weight is 309 g/mol. The molecule has 1 aliphatic heterocycles. The number of unbranched alkanes of at least 4 members (excludes halogenated alkanes) is 4. The zero-order valence-corrected chi connectivity index (χ0v) is 13.7. The molecule has 3 nitrogen and oxygen atoms in total. The molecule has 1 atom stereocenters. The van der Waals surface area contributed by atoms with Crippen LogP contribution >= 0.6 is 11.6 Å². The van der Waals surface area contributed by atoms with E-state index in [0.717, 1.165) is 23.4 Å². The van der Waals surface area contributed by atoms with E-state index < -0.39 is 0 Å². The number of benzene rings is 1. The maximum Gasteiger partial charge on any atom is 0.228 e. The Morgan fingerprint density at radius 1 is 1.29 bits per heavy atom. The molecular formula is C17H25ClN2O. The van der Waals surface area contributed by atoms with Crippen LogP contribution in [0.15, 0.2) is 12.1 Å². The Morgan fingerprint density at radius 2 is 2.05 bits per heavy atom. The zero-order chi connectivity index (χ0) is 15.2. The van der Waals surface area contributed by atoms with Gasteiger partial charge in [-0.05, 0) is 31.0 Å². The van der Waals surface area contributed by atoms with E-state index in [-0.39, 0.29) is 5.91 Å². The highest BCUT2D eigenvalue weighted by Crippen LogP contribution is 2.33. The smallest absolute Gasteiger partial charge is 0.228 e. The van der Waals surface area contributed by atoms with Gasteiger partial charge in [-0.25, -0.2) is 0 Å². The molecule has 0 fully saturated rings. The van der Waals surface area contributed by atoms with E-state index in [1.54, 1.807) is 0 Å². The van der Waals surface area contributed by atoms with E-state index in [2.05, 4.69) is 24.5 Å². The van der Waals surface area contributed by atoms with Gasteiger partial charge in [0.1, 0.15) is 0 Å². The van der Waals surface area contributed by atoms with Crippen LogP contribution in [0, 0.1) is 0 Å². The number of amides is 1. The van der Waals surface area contributed by atoms with Crippen LogP contribution in [-0.2, 0) is 11.2 Å². The summed E-state index contributed by atoms with van der Waals surface area (Å²) in [6.07, 6.45) is 8.09. The Labute approximate surface area is 132 Å². The van der Waals surface area contributed by atoms with Gasteiger partial charge in [0.05, 0.1) is 17.1 Å². The zero-order valence-electron chi connectivity index (χ0n) is 13.0. The lowest BCUT2D eigenvalue weighted by atomic mass is 10.1. The minimum Gasteiger partial charge on any atom is -0.381 e. The summed E-state index contributed by atoms with van der Waals surface area (Å²) in [5.41, 5.74) is 2.82. The summed E-state index contributed by atoms with van der Waals surface area (Å²) < 4.78 is 0. The molecule has 21 heavy (non-hydrogen) atoms. The summed E-state index contributed by atoms with van der Waals surface area (Å²) in [4.78, 5) is 11.4. The predicted molar refractivity (Wildman–Crippen MR) is 90.2 cm³/mol. The maximum atomic E-state index is 11.4. The summed E-state index contributed by atoms with van der Waals surface area (Å²) in [5.74, 6) is 0.0437. The molecule has 0 spiro atoms. The average Bonchev–Trinajstić information content (AvgIpc) is 2.78. The van der Waals surface area contributed by atoms with Crippen molar-refractivity contribution in [3.8, 4) is 0 Å². The van der Waals surface area contributed by atoms with Crippen LogP contribution in [0.1, 0.15) is 57.9 Å². The number of hydrogen-bond acceptors (Lipinski definition) is 2. The molecule has 0 bridgehead atoms. The van der Waals surface area contributed by atoms with Crippen molar-refractivity contribution < 1.29 is 4.79 Å². The third-order valence-electron chi connectivity index (χ3n) is 3.96. The Morgan fingerprint density at radius 3 is 2.81 bits per heavy atom. The molecule has 1 heterocycles. The highest BCUT2D eigenvalue weighted by Gasteiger charge is 2.19. The van der Waals surface area contributed by atoms with Gasteiger partial charge in [0.15, 0.2) is 0 Å². The van der Waals surface area contributed by atoms with Crippen molar-refractivity contribution >= 4 is 28.9 Å². The molecule has 2 N–H and O–H groups in total. The van der Waals surface area contributed by atoms with Crippen LogP contribution in [0.5, 0.6) is 0 Å². The molecule has 1 aromatic carbocycles. The van der Waals surface area contributed by atoms with Crippen molar-refractivity contribution in [2.45, 2.75) is 64.8 Å². The lowest BCUT2D eigenvalue weighted by Crippen LogP contribution is -2.15. The van der Waals surface area contributed by atoms with Crippen molar-refractivity contribution in [3.63, 3.8) is 0 Å². The van der Waals surface area contributed by atoms with E-state index in [9.17, 15) is 4.79 Å². The van der Waals surface area contributed by atoms with E-state index in [0.29, 0.717) is 17.5 Å². The van der Waals surface area contributed by atoms with E-state index >= 15 is 0 Å². The lowest BCUT2D eigenvalue weighted by molar-refractivity contribution is -0.115. The van der Waals surface area contributed by atoms with Crippen molar-refractivity contribution in [2.24, 2.45) is 0 Å². The van der Waals surface area contributed by atoms with Crippen LogP contribution < -0.4 is 10.6 Å². The van der Waals surface area contributed by atoms with Gasteiger partial charge in [0.25, 0.3) is 0 Å². The number of halogens is 1. The molecule has 1 unspecified atom stereocenters. The van der Waals surface area contributed by atoms with Crippen molar-refractivity contribution in [2.75, 3.05) is 10.6 Å². The molecule has 0 saturated heterocycles. The first-order valence-electron chi connectivity index (χ1n) is 7.99. The molecule has 4 heteroatoms. The van der Waals surface area contributed by atoms with E-state index in [1.807, 2.05) is 12.1 Å². The van der Waals surface area contributed by atoms with Crippen molar-refractivity contribution in [1.82, 2.24) is 0 Å². The van der Waals surface area contributed by atoms with Crippen LogP contribution in [0.3, 0.4) is 0 Å². The fraction of sp³-hybridized carbons (Fsp3) is 0.588. The molecule has 0 aliphatic carbocycles. The number of nitrogens with one attached hydrogen (secondary N) is 2. The summed E-state index contributed by atoms with van der Waals surface area (Å²) in [5, 5.41) is 6.97. The Balaban J connectivity index is 1.85. The number of hydrogen-bond donors (Lipinski definition) is 2. The Kier molecular flexibility index (Phi) is 5.92. The number of fused-ring (bicyclic) bond motifs is 1. The molecule has 0 radical (unpaired) electrons. The number of carbonyl (C=O) groups excluding carboxylic acids is 1. The minimum atomic E-state index is 0.0437. The fourth-order valence-electron chi connectivity index (χ4n) is 2.75. The highest BCUT2D eigenvalue weighted by atomic mass is 35.5. The molecule has 2 rings (SSSR count). The fourth-order valence-corrected chi connectivity index (χ4v) is 2.97. The summed E-state index contributed by atoms with van der Waals surface area (Å²) in [7, 11) is 0. The Bertz CT molecular complexity index is 502. The first-order chi connectivity index (χ1) is 10.1. The quantitative estimate of drug-likeness (QED) is 0.664. The van der Waals surface area contributed by atoms with Gasteiger partial charge < -0.3 is 10.6 Å². The normalized spacial score (nSPS) is 14.7. The molecule has 1 aromatic rings. The topological polar surface area (TPSA) is 41.1 Å². The van der Waals surface area contributed by atoms with Gasteiger partial charge in [-0.1, -0.05) is 50.6 Å². The van der Waals surface area contributed by atoms with Gasteiger partial charge >= 0.3 is 0 Å². The van der Waals surface area contributed by atoms with Gasteiger partial charge in [0.2, 0.25) is 5.91 Å². The second-order valence-electron chi connectivity index (χ2n) is 5.96. The number of anilines is 2. The lowest BCUT2D eigenvalue weighted by Gasteiger charge is -2.17. The molecule has 1 aliphatic rings. The first-order valence-corrected chi connectivity index (χ1v) is 8.36. The van der Waals surface area contributed by atoms with E-state index in [4.69, 9.17) is 11.6 Å². The van der Waals surface area contributed by atoms with E-state index in [1.165, 1.54) is 32.1 Å². The Hall–Kier alpha value is -1.22. The first kappa shape index (κ1) is 16.2. The molecule has 116 valence electrons. The van der Waals surface area contributed by atoms with Gasteiger partial charge in [-0.15, -0.1) is 0 Å².